The van der Waals surface area contributed by atoms with Crippen molar-refractivity contribution in [2.75, 3.05) is 23.1 Å². The number of benzene rings is 6. The van der Waals surface area contributed by atoms with E-state index in [1.165, 1.54) is 123 Å². The Balaban J connectivity index is 0.000000198. The average molecular weight is 1270 g/mol. The van der Waals surface area contributed by atoms with Gasteiger partial charge in [0.25, 0.3) is 17.7 Å². The number of amides is 3. The summed E-state index contributed by atoms with van der Waals surface area (Å²) < 4.78 is 63.4. The van der Waals surface area contributed by atoms with E-state index >= 15 is 0 Å². The summed E-state index contributed by atoms with van der Waals surface area (Å²) in [7, 11) is 1.40. The van der Waals surface area contributed by atoms with Crippen molar-refractivity contribution in [2.24, 2.45) is 0 Å². The molecule has 0 aliphatic carbocycles. The number of methoxy groups -OCH3 is 1. The molecule has 22 heteroatoms. The van der Waals surface area contributed by atoms with Crippen LogP contribution < -0.4 is 34.9 Å². The second kappa shape index (κ2) is 29.5. The number of carbonyl (C=O) groups excluding carboxylic acids is 3. The third-order valence-electron chi connectivity index (χ3n) is 13.7. The van der Waals surface area contributed by atoms with Crippen LogP contribution in [0, 0.1) is 24.4 Å². The lowest BCUT2D eigenvalue weighted by atomic mass is 9.86. The molecule has 6 aromatic carbocycles. The second-order valence-electron chi connectivity index (χ2n) is 23.9. The summed E-state index contributed by atoms with van der Waals surface area (Å²) in [5.41, 5.74) is 4.30. The number of carbonyl (C=O) groups is 6. The normalized spacial score (nSPS) is 11.1. The number of halogens is 3. The Morgan fingerprint density at radius 2 is 0.710 bits per heavy atom. The van der Waals surface area contributed by atoms with E-state index in [2.05, 4.69) is 30.9 Å². The van der Waals surface area contributed by atoms with Crippen molar-refractivity contribution in [3.05, 3.63) is 244 Å². The van der Waals surface area contributed by atoms with E-state index < -0.39 is 41.4 Å². The van der Waals surface area contributed by atoms with E-state index in [0.29, 0.717) is 45.6 Å². The highest BCUT2D eigenvalue weighted by Gasteiger charge is 2.25. The maximum Gasteiger partial charge on any atom is 0.354 e. The first-order valence-electron chi connectivity index (χ1n) is 28.6. The Hall–Kier alpha value is -11.4. The van der Waals surface area contributed by atoms with Crippen molar-refractivity contribution in [2.45, 2.75) is 85.5 Å². The minimum Gasteiger partial charge on any atom is -0.493 e. The number of ether oxygens (including phenoxy) is 4. The highest BCUT2D eigenvalue weighted by atomic mass is 19.1. The van der Waals surface area contributed by atoms with Crippen LogP contribution in [0.2, 0.25) is 0 Å². The summed E-state index contributed by atoms with van der Waals surface area (Å²) in [6.07, 6.45) is 3.80. The first kappa shape index (κ1) is 69.1. The topological polar surface area (TPSA) is 275 Å². The molecule has 9 aromatic rings. The fourth-order valence-electron chi connectivity index (χ4n) is 8.48. The highest BCUT2D eigenvalue weighted by molar-refractivity contribution is 6.08. The zero-order valence-electron chi connectivity index (χ0n) is 52.6. The van der Waals surface area contributed by atoms with Crippen LogP contribution in [0.3, 0.4) is 0 Å². The van der Waals surface area contributed by atoms with Crippen LogP contribution in [-0.2, 0) is 16.2 Å². The number of rotatable bonds is 16. The molecule has 93 heavy (non-hydrogen) atoms. The second-order valence-corrected chi connectivity index (χ2v) is 23.9. The third-order valence-corrected chi connectivity index (χ3v) is 13.7. The molecule has 0 saturated carbocycles. The fourth-order valence-corrected chi connectivity index (χ4v) is 8.48. The van der Waals surface area contributed by atoms with Crippen molar-refractivity contribution >= 4 is 52.7 Å². The lowest BCUT2D eigenvalue weighted by Gasteiger charge is -2.21. The summed E-state index contributed by atoms with van der Waals surface area (Å²) in [5.74, 6) is -3.90. The highest BCUT2D eigenvalue weighted by Crippen LogP contribution is 2.38. The minimum absolute atomic E-state index is 0.122. The quantitative estimate of drug-likeness (QED) is 0.0525. The molecule has 0 bridgehead atoms. The van der Waals surface area contributed by atoms with E-state index in [1.54, 1.807) is 43.3 Å². The molecule has 0 unspecified atom stereocenters. The molecule has 3 aromatic heterocycles. The van der Waals surface area contributed by atoms with Gasteiger partial charge >= 0.3 is 17.9 Å². The van der Waals surface area contributed by atoms with Gasteiger partial charge in [0.15, 0.2) is 11.5 Å². The number of aryl methyl sites for hydroxylation is 1. The molecule has 0 aliphatic rings. The van der Waals surface area contributed by atoms with Crippen LogP contribution in [0.15, 0.2) is 170 Å². The summed E-state index contributed by atoms with van der Waals surface area (Å²) in [4.78, 5) is 83.0. The zero-order chi connectivity index (χ0) is 68.1. The van der Waals surface area contributed by atoms with Crippen LogP contribution in [0.5, 0.6) is 40.2 Å². The number of nitrogens with zero attached hydrogens (tertiary/aromatic N) is 3. The number of hydrogen-bond donors (Lipinski definition) is 6. The number of hydrogen-bond acceptors (Lipinski definition) is 13. The Morgan fingerprint density at radius 1 is 0.376 bits per heavy atom. The number of carboxylic acid groups (broad SMARTS) is 3. The van der Waals surface area contributed by atoms with Crippen LogP contribution in [0.4, 0.5) is 30.2 Å². The average Bonchev–Trinajstić information content (AvgIpc) is 0.828. The lowest BCUT2D eigenvalue weighted by Crippen LogP contribution is -2.16. The fraction of sp³-hybridized carbons (Fsp3) is 0.197. The molecular formula is C71H67F3N6O13. The third kappa shape index (κ3) is 19.1. The standard InChI is InChI=1S/C24H23FN2O5.C24H23FN2O4.C23H21FN2O4/c1-24(2,3)14-5-8-17(22(28)27-16-7-9-18(23(29)30)26-13-16)20(11-14)32-19-10-6-15(25)12-21(19)31-4;1-14-11-16(25)6-10-20(14)31-21-12-15(24(2,3)4)5-8-18(21)22(28)27-17-7-9-19(23(29)30)26-13-17;1-23(2,3)14-4-10-18(20(12-14)30-17-8-5-15(24)6-9-17)21(27)26-16-7-11-19(22(28)29)25-13-16/h5-13H,1-4H3,(H,27,28)(H,29,30);5-13H,1-4H3,(H,27,28)(H,29,30);4-13H,1-3H3,(H,26,27)(H,28,29). The van der Waals surface area contributed by atoms with E-state index in [1.807, 2.05) is 80.5 Å². The molecule has 3 amide bonds. The van der Waals surface area contributed by atoms with Crippen LogP contribution in [0.25, 0.3) is 0 Å². The molecule has 9 rings (SSSR count). The molecule has 0 radical (unpaired) electrons. The maximum absolute atomic E-state index is 13.6. The lowest BCUT2D eigenvalue weighted by molar-refractivity contribution is 0.0680. The number of aromatic nitrogens is 3. The predicted molar refractivity (Wildman–Crippen MR) is 344 cm³/mol. The summed E-state index contributed by atoms with van der Waals surface area (Å²) >= 11 is 0. The molecular weight excluding hydrogens is 1200 g/mol. The van der Waals surface area contributed by atoms with Crippen molar-refractivity contribution in [1.82, 2.24) is 15.0 Å². The smallest absolute Gasteiger partial charge is 0.354 e. The molecule has 6 N–H and O–H groups in total. The predicted octanol–water partition coefficient (Wildman–Crippen LogP) is 16.1. The van der Waals surface area contributed by atoms with Gasteiger partial charge < -0.3 is 50.2 Å². The monoisotopic (exact) mass is 1270 g/mol. The first-order chi connectivity index (χ1) is 43.7. The van der Waals surface area contributed by atoms with Crippen molar-refractivity contribution in [1.29, 1.82) is 0 Å². The number of nitrogens with one attached hydrogen (secondary N) is 3. The minimum atomic E-state index is -1.16. The summed E-state index contributed by atoms with van der Waals surface area (Å²) in [6, 6.07) is 37.6. The Kier molecular flexibility index (Phi) is 21.9. The Bertz CT molecular complexity index is 4220. The van der Waals surface area contributed by atoms with E-state index in [-0.39, 0.29) is 78.9 Å². The summed E-state index contributed by atoms with van der Waals surface area (Å²) in [5, 5.41) is 34.9. The van der Waals surface area contributed by atoms with E-state index in [9.17, 15) is 41.9 Å². The van der Waals surface area contributed by atoms with Crippen LogP contribution >= 0.6 is 0 Å². The van der Waals surface area contributed by atoms with Gasteiger partial charge in [0, 0.05) is 6.07 Å². The molecule has 0 fully saturated rings. The van der Waals surface area contributed by atoms with Crippen LogP contribution in [0.1, 0.15) is 147 Å². The van der Waals surface area contributed by atoms with E-state index in [0.717, 1.165) is 16.7 Å². The Labute approximate surface area is 534 Å². The van der Waals surface area contributed by atoms with Gasteiger partial charge in [-0.15, -0.1) is 0 Å². The van der Waals surface area contributed by atoms with Crippen molar-refractivity contribution < 1.29 is 76.2 Å². The van der Waals surface area contributed by atoms with Gasteiger partial charge in [-0.3, -0.25) is 14.4 Å². The van der Waals surface area contributed by atoms with Gasteiger partial charge in [-0.2, -0.15) is 0 Å². The number of carboxylic acids is 3. The largest absolute Gasteiger partial charge is 0.493 e. The van der Waals surface area contributed by atoms with Crippen molar-refractivity contribution in [3.8, 4) is 40.2 Å². The van der Waals surface area contributed by atoms with Gasteiger partial charge in [0.2, 0.25) is 0 Å². The van der Waals surface area contributed by atoms with Gasteiger partial charge in [-0.1, -0.05) is 80.5 Å². The maximum atomic E-state index is 13.6. The van der Waals surface area contributed by atoms with Crippen molar-refractivity contribution in [3.63, 3.8) is 0 Å². The SMILES string of the molecule is CC(C)(C)c1ccc(C(=O)Nc2ccc(C(=O)O)nc2)c(Oc2ccc(F)cc2)c1.COc1cc(F)ccc1Oc1cc(C(C)(C)C)ccc1C(=O)Nc1ccc(C(=O)O)nc1.Cc1cc(F)ccc1Oc1cc(C(C)(C)C)ccc1C(=O)Nc1ccc(C(=O)O)nc1. The Morgan fingerprint density at radius 3 is 1.03 bits per heavy atom. The van der Waals surface area contributed by atoms with Gasteiger partial charge in [-0.05, 0) is 173 Å². The first-order valence-corrected chi connectivity index (χ1v) is 28.6. The van der Waals surface area contributed by atoms with Gasteiger partial charge in [0.1, 0.15) is 63.3 Å². The zero-order valence-corrected chi connectivity index (χ0v) is 52.6. The van der Waals surface area contributed by atoms with Gasteiger partial charge in [0.05, 0.1) is 59.5 Å². The van der Waals surface area contributed by atoms with E-state index in [4.69, 9.17) is 34.3 Å². The molecule has 0 aliphatic heterocycles. The molecule has 3 heterocycles. The molecule has 0 atom stereocenters. The molecule has 480 valence electrons. The molecule has 0 saturated heterocycles. The molecule has 19 nitrogen and oxygen atoms in total. The number of aromatic carboxylic acids is 3. The van der Waals surface area contributed by atoms with Crippen LogP contribution in [-0.4, -0.2) is 73.0 Å². The van der Waals surface area contributed by atoms with Gasteiger partial charge in [-0.25, -0.2) is 42.5 Å². The number of anilines is 3. The molecule has 0 spiro atoms. The summed E-state index contributed by atoms with van der Waals surface area (Å²) in [6.45, 7) is 20.1. The number of pyridine rings is 3.